The molecule has 0 radical (unpaired) electrons. The van der Waals surface area contributed by atoms with Crippen molar-refractivity contribution >= 4 is 23.0 Å². The van der Waals surface area contributed by atoms with Crippen LogP contribution in [0.1, 0.15) is 24.1 Å². The minimum absolute atomic E-state index is 0.419. The second kappa shape index (κ2) is 5.84. The average molecular weight is 278 g/mol. The molecule has 104 valence electrons. The number of thiocarbonyl (C=S) groups is 1. The summed E-state index contributed by atoms with van der Waals surface area (Å²) in [5, 5.41) is 0. The summed E-state index contributed by atoms with van der Waals surface area (Å²) in [4.78, 5) is 9.66. The average Bonchev–Trinajstić information content (AvgIpc) is 2.38. The third-order valence-corrected chi connectivity index (χ3v) is 4.07. The highest BCUT2D eigenvalue weighted by Crippen LogP contribution is 2.24. The molecule has 0 aliphatic carbocycles. The molecule has 0 spiro atoms. The van der Waals surface area contributed by atoms with Crippen molar-refractivity contribution in [3.63, 3.8) is 0 Å². The lowest BCUT2D eigenvalue weighted by Gasteiger charge is -2.36. The molecule has 0 amide bonds. The van der Waals surface area contributed by atoms with Crippen LogP contribution in [0.3, 0.4) is 0 Å². The minimum Gasteiger partial charge on any atom is -0.389 e. The first kappa shape index (κ1) is 14.2. The second-order valence-electron chi connectivity index (χ2n) is 5.33. The summed E-state index contributed by atoms with van der Waals surface area (Å²) in [6.45, 7) is 4.25. The van der Waals surface area contributed by atoms with Gasteiger partial charge < -0.3 is 15.5 Å². The number of nitrogens with two attached hydrogens (primary N) is 1. The number of aryl methyl sites for hydroxylation is 1. The van der Waals surface area contributed by atoms with Crippen molar-refractivity contribution in [2.45, 2.75) is 25.8 Å². The Balaban J connectivity index is 2.25. The maximum Gasteiger partial charge on any atom is 0.139 e. The van der Waals surface area contributed by atoms with Crippen LogP contribution in [0.15, 0.2) is 12.1 Å². The predicted molar refractivity (Wildman–Crippen MR) is 83.8 cm³/mol. The van der Waals surface area contributed by atoms with Crippen molar-refractivity contribution in [2.24, 2.45) is 5.73 Å². The topological polar surface area (TPSA) is 45.4 Å². The molecule has 1 aromatic rings. The van der Waals surface area contributed by atoms with Crippen LogP contribution in [0, 0.1) is 6.92 Å². The molecule has 2 rings (SSSR count). The molecule has 0 aromatic carbocycles. The fourth-order valence-electron chi connectivity index (χ4n) is 2.56. The number of nitrogens with zero attached hydrogens (tertiary/aromatic N) is 3. The summed E-state index contributed by atoms with van der Waals surface area (Å²) in [7, 11) is 4.26. The zero-order valence-corrected chi connectivity index (χ0v) is 12.7. The number of piperidine rings is 1. The Morgan fingerprint density at radius 3 is 2.63 bits per heavy atom. The van der Waals surface area contributed by atoms with E-state index in [0.717, 1.165) is 43.0 Å². The van der Waals surface area contributed by atoms with Gasteiger partial charge in [0.05, 0.1) is 5.56 Å². The summed E-state index contributed by atoms with van der Waals surface area (Å²) in [5.74, 6) is 0.919. The lowest BCUT2D eigenvalue weighted by atomic mass is 10.0. The lowest BCUT2D eigenvalue weighted by molar-refractivity contribution is 0.252. The molecule has 19 heavy (non-hydrogen) atoms. The fraction of sp³-hybridized carbons (Fsp3) is 0.571. The van der Waals surface area contributed by atoms with E-state index in [4.69, 9.17) is 18.0 Å². The highest BCUT2D eigenvalue weighted by Gasteiger charge is 2.23. The van der Waals surface area contributed by atoms with Gasteiger partial charge in [-0.05, 0) is 52.0 Å². The largest absolute Gasteiger partial charge is 0.389 e. The van der Waals surface area contributed by atoms with Gasteiger partial charge in [-0.1, -0.05) is 12.2 Å². The zero-order chi connectivity index (χ0) is 14.0. The third kappa shape index (κ3) is 3.22. The molecule has 1 fully saturated rings. The number of pyridine rings is 1. The van der Waals surface area contributed by atoms with Crippen molar-refractivity contribution < 1.29 is 0 Å². The molecular weight excluding hydrogens is 256 g/mol. The monoisotopic (exact) mass is 278 g/mol. The molecule has 0 saturated carbocycles. The lowest BCUT2D eigenvalue weighted by Crippen LogP contribution is -2.43. The van der Waals surface area contributed by atoms with Crippen LogP contribution < -0.4 is 10.6 Å². The number of aromatic nitrogens is 1. The Morgan fingerprint density at radius 1 is 1.42 bits per heavy atom. The quantitative estimate of drug-likeness (QED) is 0.850. The van der Waals surface area contributed by atoms with Crippen molar-refractivity contribution in [1.29, 1.82) is 0 Å². The molecule has 0 bridgehead atoms. The molecule has 4 nitrogen and oxygen atoms in total. The van der Waals surface area contributed by atoms with Gasteiger partial charge in [-0.2, -0.15) is 0 Å². The van der Waals surface area contributed by atoms with Crippen LogP contribution in [0.25, 0.3) is 0 Å². The van der Waals surface area contributed by atoms with Crippen molar-refractivity contribution in [3.8, 4) is 0 Å². The molecular formula is C14H22N4S. The van der Waals surface area contributed by atoms with Crippen LogP contribution in [0.2, 0.25) is 0 Å². The van der Waals surface area contributed by atoms with Crippen LogP contribution in [0.5, 0.6) is 0 Å². The summed E-state index contributed by atoms with van der Waals surface area (Å²) in [5.41, 5.74) is 7.68. The molecule has 2 N–H and O–H groups in total. The molecule has 1 aliphatic rings. The Morgan fingerprint density at radius 2 is 2.05 bits per heavy atom. The van der Waals surface area contributed by atoms with Gasteiger partial charge in [-0.15, -0.1) is 0 Å². The normalized spacial score (nSPS) is 17.4. The Labute approximate surface area is 120 Å². The van der Waals surface area contributed by atoms with E-state index < -0.39 is 0 Å². The summed E-state index contributed by atoms with van der Waals surface area (Å²) < 4.78 is 0. The van der Waals surface area contributed by atoms with E-state index in [2.05, 4.69) is 28.9 Å². The highest BCUT2D eigenvalue weighted by atomic mass is 32.1. The van der Waals surface area contributed by atoms with Crippen LogP contribution in [-0.2, 0) is 0 Å². The first-order valence-corrected chi connectivity index (χ1v) is 7.08. The molecule has 5 heteroatoms. The number of anilines is 1. The van der Waals surface area contributed by atoms with E-state index >= 15 is 0 Å². The number of rotatable bonds is 3. The van der Waals surface area contributed by atoms with Crippen molar-refractivity contribution in [2.75, 3.05) is 32.1 Å². The van der Waals surface area contributed by atoms with Crippen LogP contribution in [-0.4, -0.2) is 48.1 Å². The molecule has 0 atom stereocenters. The molecule has 1 aromatic heterocycles. The second-order valence-corrected chi connectivity index (χ2v) is 5.77. The third-order valence-electron chi connectivity index (χ3n) is 3.85. The summed E-state index contributed by atoms with van der Waals surface area (Å²) in [6, 6.07) is 4.45. The van der Waals surface area contributed by atoms with Crippen molar-refractivity contribution in [1.82, 2.24) is 9.88 Å². The molecule has 1 aliphatic heterocycles. The van der Waals surface area contributed by atoms with Crippen LogP contribution >= 0.6 is 12.2 Å². The first-order valence-electron chi connectivity index (χ1n) is 6.68. The first-order chi connectivity index (χ1) is 8.99. The fourth-order valence-corrected chi connectivity index (χ4v) is 2.72. The van der Waals surface area contributed by atoms with Gasteiger partial charge in [0, 0.05) is 18.8 Å². The van der Waals surface area contributed by atoms with Crippen LogP contribution in [0.4, 0.5) is 5.82 Å². The Hall–Kier alpha value is -1.20. The van der Waals surface area contributed by atoms with Gasteiger partial charge in [0.1, 0.15) is 10.8 Å². The Bertz CT molecular complexity index is 467. The highest BCUT2D eigenvalue weighted by molar-refractivity contribution is 7.80. The van der Waals surface area contributed by atoms with Gasteiger partial charge in [0.2, 0.25) is 0 Å². The van der Waals surface area contributed by atoms with Gasteiger partial charge >= 0.3 is 0 Å². The smallest absolute Gasteiger partial charge is 0.139 e. The predicted octanol–water partition coefficient (Wildman–Crippen LogP) is 1.55. The van der Waals surface area contributed by atoms with E-state index in [1.54, 1.807) is 0 Å². The number of hydrogen-bond donors (Lipinski definition) is 1. The maximum atomic E-state index is 5.81. The standard InChI is InChI=1S/C14H22N4S/c1-10-4-5-12(13(15)19)14(16-10)18(3)11-6-8-17(2)9-7-11/h4-5,11H,6-9H2,1-3H3,(H2,15,19). The maximum absolute atomic E-state index is 5.81. The Kier molecular flexibility index (Phi) is 4.37. The molecule has 2 heterocycles. The van der Waals surface area contributed by atoms with E-state index in [9.17, 15) is 0 Å². The summed E-state index contributed by atoms with van der Waals surface area (Å²) >= 11 is 5.14. The van der Waals surface area contributed by atoms with Gasteiger partial charge in [0.15, 0.2) is 0 Å². The van der Waals surface area contributed by atoms with E-state index in [1.165, 1.54) is 0 Å². The van der Waals surface area contributed by atoms with Gasteiger partial charge in [-0.3, -0.25) is 0 Å². The van der Waals surface area contributed by atoms with Gasteiger partial charge in [0.25, 0.3) is 0 Å². The number of hydrogen-bond acceptors (Lipinski definition) is 4. The zero-order valence-electron chi connectivity index (χ0n) is 11.9. The van der Waals surface area contributed by atoms with Crippen molar-refractivity contribution in [3.05, 3.63) is 23.4 Å². The molecule has 0 unspecified atom stereocenters. The SMILES string of the molecule is Cc1ccc(C(N)=S)c(N(C)C2CCN(C)CC2)n1. The minimum atomic E-state index is 0.419. The summed E-state index contributed by atoms with van der Waals surface area (Å²) in [6.07, 6.45) is 2.30. The van der Waals surface area contributed by atoms with E-state index in [0.29, 0.717) is 11.0 Å². The van der Waals surface area contributed by atoms with E-state index in [-0.39, 0.29) is 0 Å². The number of likely N-dealkylation sites (tertiary alicyclic amines) is 1. The molecule has 1 saturated heterocycles. The van der Waals surface area contributed by atoms with E-state index in [1.807, 2.05) is 19.1 Å². The van der Waals surface area contributed by atoms with Gasteiger partial charge in [-0.25, -0.2) is 4.98 Å².